The maximum atomic E-state index is 13.4. The lowest BCUT2D eigenvalue weighted by Gasteiger charge is -2.32. The van der Waals surface area contributed by atoms with Crippen LogP contribution in [0.5, 0.6) is 0 Å². The number of hydrogen-bond acceptors (Lipinski definition) is 6. The van der Waals surface area contributed by atoms with E-state index in [-0.39, 0.29) is 12.5 Å². The Bertz CT molecular complexity index is 1040. The molecule has 0 bridgehead atoms. The van der Waals surface area contributed by atoms with Gasteiger partial charge in [0.05, 0.1) is 13.1 Å². The van der Waals surface area contributed by atoms with E-state index in [1.165, 1.54) is 0 Å². The second-order valence-electron chi connectivity index (χ2n) is 8.63. The van der Waals surface area contributed by atoms with Crippen molar-refractivity contribution >= 4 is 11.6 Å². The molecule has 0 saturated carbocycles. The quantitative estimate of drug-likeness (QED) is 0.617. The number of β-amino-alcohol motifs (C(OH)–C–C–N with tert-alkyl or cyclic N) is 1. The number of carbonyl (C=O) groups excluding carboxylic acids is 1. The standard InChI is InChI=1S/C24H30N6O2/c1-19-4-5-21(14-22(19)26-15-20-6-9-25-10-7-20)23(31)29-13-12-28(2)16-24(32,17-29)18-30-11-3-8-27-30/h3-11,14,26,32H,12-13,15-18H2,1-2H3/t24-/m0/s1. The monoisotopic (exact) mass is 434 g/mol. The molecule has 0 spiro atoms. The van der Waals surface area contributed by atoms with Crippen molar-refractivity contribution in [1.82, 2.24) is 24.6 Å². The maximum Gasteiger partial charge on any atom is 0.254 e. The van der Waals surface area contributed by atoms with E-state index in [0.29, 0.717) is 38.3 Å². The zero-order valence-corrected chi connectivity index (χ0v) is 18.6. The number of nitrogens with one attached hydrogen (secondary N) is 1. The second-order valence-corrected chi connectivity index (χ2v) is 8.63. The molecule has 8 heteroatoms. The average Bonchev–Trinajstić information content (AvgIpc) is 3.23. The molecule has 1 amide bonds. The number of rotatable bonds is 6. The van der Waals surface area contributed by atoms with Crippen molar-refractivity contribution in [2.75, 3.05) is 38.5 Å². The SMILES string of the molecule is Cc1ccc(C(=O)N2CCN(C)C[C@@](O)(Cn3cccn3)C2)cc1NCc1ccncc1. The van der Waals surface area contributed by atoms with Gasteiger partial charge in [0.2, 0.25) is 0 Å². The van der Waals surface area contributed by atoms with E-state index in [4.69, 9.17) is 0 Å². The van der Waals surface area contributed by atoms with E-state index in [0.717, 1.165) is 16.8 Å². The van der Waals surface area contributed by atoms with Gasteiger partial charge in [-0.25, -0.2) is 0 Å². The summed E-state index contributed by atoms with van der Waals surface area (Å²) in [5, 5.41) is 19.0. The number of likely N-dealkylation sites (N-methyl/N-ethyl adjacent to an activating group) is 1. The minimum Gasteiger partial charge on any atom is -0.385 e. The molecule has 3 heterocycles. The van der Waals surface area contributed by atoms with Crippen LogP contribution in [-0.2, 0) is 13.1 Å². The van der Waals surface area contributed by atoms with Crippen LogP contribution in [0.25, 0.3) is 0 Å². The number of amides is 1. The summed E-state index contributed by atoms with van der Waals surface area (Å²) in [6.07, 6.45) is 7.06. The van der Waals surface area contributed by atoms with Crippen LogP contribution in [0.15, 0.2) is 61.2 Å². The first kappa shape index (κ1) is 22.0. The van der Waals surface area contributed by atoms with Crippen molar-refractivity contribution < 1.29 is 9.90 Å². The van der Waals surface area contributed by atoms with Crippen molar-refractivity contribution in [2.45, 2.75) is 25.6 Å². The molecule has 2 aromatic heterocycles. The Morgan fingerprint density at radius 1 is 1.16 bits per heavy atom. The minimum absolute atomic E-state index is 0.0776. The van der Waals surface area contributed by atoms with Crippen molar-refractivity contribution in [3.05, 3.63) is 77.9 Å². The number of hydrogen-bond donors (Lipinski definition) is 2. The highest BCUT2D eigenvalue weighted by molar-refractivity contribution is 5.95. The first-order valence-corrected chi connectivity index (χ1v) is 10.8. The van der Waals surface area contributed by atoms with Crippen LogP contribution in [0.4, 0.5) is 5.69 Å². The van der Waals surface area contributed by atoms with Gasteiger partial charge in [0.15, 0.2) is 0 Å². The summed E-state index contributed by atoms with van der Waals surface area (Å²) in [7, 11) is 1.97. The number of aromatic nitrogens is 3. The van der Waals surface area contributed by atoms with Gasteiger partial charge >= 0.3 is 0 Å². The lowest BCUT2D eigenvalue weighted by atomic mass is 10.0. The largest absolute Gasteiger partial charge is 0.385 e. The molecule has 0 radical (unpaired) electrons. The summed E-state index contributed by atoms with van der Waals surface area (Å²) in [4.78, 5) is 21.3. The molecule has 168 valence electrons. The molecule has 1 aliphatic heterocycles. The molecule has 32 heavy (non-hydrogen) atoms. The zero-order valence-electron chi connectivity index (χ0n) is 18.6. The number of pyridine rings is 1. The first-order chi connectivity index (χ1) is 15.4. The molecule has 8 nitrogen and oxygen atoms in total. The van der Waals surface area contributed by atoms with Crippen molar-refractivity contribution in [3.8, 4) is 0 Å². The Labute approximate surface area is 188 Å². The Morgan fingerprint density at radius 3 is 2.72 bits per heavy atom. The summed E-state index contributed by atoms with van der Waals surface area (Å²) < 4.78 is 1.72. The van der Waals surface area contributed by atoms with E-state index in [1.807, 2.05) is 56.6 Å². The van der Waals surface area contributed by atoms with Crippen LogP contribution in [-0.4, -0.2) is 74.4 Å². The predicted octanol–water partition coefficient (Wildman–Crippen LogP) is 2.02. The molecule has 1 atom stereocenters. The predicted molar refractivity (Wildman–Crippen MR) is 123 cm³/mol. The molecular formula is C24H30N6O2. The molecule has 1 fully saturated rings. The van der Waals surface area contributed by atoms with Gasteiger partial charge in [-0.05, 0) is 55.4 Å². The molecule has 4 rings (SSSR count). The second kappa shape index (κ2) is 9.50. The minimum atomic E-state index is -1.08. The molecule has 1 aromatic carbocycles. The Hall–Kier alpha value is -3.23. The van der Waals surface area contributed by atoms with Crippen LogP contribution in [0.2, 0.25) is 0 Å². The van der Waals surface area contributed by atoms with Crippen molar-refractivity contribution in [2.24, 2.45) is 0 Å². The van der Waals surface area contributed by atoms with Gasteiger partial charge < -0.3 is 20.2 Å². The fourth-order valence-electron chi connectivity index (χ4n) is 4.15. The van der Waals surface area contributed by atoms with Crippen LogP contribution < -0.4 is 5.32 Å². The Kier molecular flexibility index (Phi) is 6.53. The zero-order chi connectivity index (χ0) is 22.6. The summed E-state index contributed by atoms with van der Waals surface area (Å²) in [6.45, 7) is 5.00. The third-order valence-electron chi connectivity index (χ3n) is 5.82. The van der Waals surface area contributed by atoms with Gasteiger partial charge in [-0.3, -0.25) is 14.5 Å². The molecular weight excluding hydrogens is 404 g/mol. The van der Waals surface area contributed by atoms with Gasteiger partial charge in [0.25, 0.3) is 5.91 Å². The van der Waals surface area contributed by atoms with E-state index >= 15 is 0 Å². The van der Waals surface area contributed by atoms with E-state index in [2.05, 4.69) is 20.3 Å². The normalized spacial score (nSPS) is 19.5. The van der Waals surface area contributed by atoms with Crippen molar-refractivity contribution in [1.29, 1.82) is 0 Å². The van der Waals surface area contributed by atoms with Gasteiger partial charge in [0.1, 0.15) is 5.60 Å². The molecule has 0 unspecified atom stereocenters. The lowest BCUT2D eigenvalue weighted by molar-refractivity contribution is -0.0137. The molecule has 3 aromatic rings. The highest BCUT2D eigenvalue weighted by Gasteiger charge is 2.36. The van der Waals surface area contributed by atoms with Crippen LogP contribution in [0, 0.1) is 6.92 Å². The highest BCUT2D eigenvalue weighted by Crippen LogP contribution is 2.22. The molecule has 2 N–H and O–H groups in total. The highest BCUT2D eigenvalue weighted by atomic mass is 16.3. The van der Waals surface area contributed by atoms with Gasteiger partial charge in [0, 0.05) is 62.2 Å². The van der Waals surface area contributed by atoms with E-state index < -0.39 is 5.60 Å². The molecule has 1 aliphatic rings. The summed E-state index contributed by atoms with van der Waals surface area (Å²) in [6, 6.07) is 11.5. The third kappa shape index (κ3) is 5.33. The van der Waals surface area contributed by atoms with Crippen LogP contribution in [0.3, 0.4) is 0 Å². The van der Waals surface area contributed by atoms with Crippen LogP contribution >= 0.6 is 0 Å². The molecule has 1 saturated heterocycles. The van der Waals surface area contributed by atoms with E-state index in [9.17, 15) is 9.90 Å². The fourth-order valence-corrected chi connectivity index (χ4v) is 4.15. The third-order valence-corrected chi connectivity index (χ3v) is 5.82. The van der Waals surface area contributed by atoms with Gasteiger partial charge in [-0.2, -0.15) is 5.10 Å². The first-order valence-electron chi connectivity index (χ1n) is 10.8. The van der Waals surface area contributed by atoms with Crippen LogP contribution in [0.1, 0.15) is 21.5 Å². The fraction of sp³-hybridized carbons (Fsp3) is 0.375. The van der Waals surface area contributed by atoms with Crippen molar-refractivity contribution in [3.63, 3.8) is 0 Å². The number of aryl methyl sites for hydroxylation is 1. The smallest absolute Gasteiger partial charge is 0.254 e. The van der Waals surface area contributed by atoms with Gasteiger partial charge in [-0.15, -0.1) is 0 Å². The maximum absolute atomic E-state index is 13.4. The number of aliphatic hydroxyl groups is 1. The number of anilines is 1. The topological polar surface area (TPSA) is 86.5 Å². The number of benzene rings is 1. The Morgan fingerprint density at radius 2 is 1.97 bits per heavy atom. The lowest BCUT2D eigenvalue weighted by Crippen LogP contribution is -2.50. The summed E-state index contributed by atoms with van der Waals surface area (Å²) in [5.41, 5.74) is 2.64. The Balaban J connectivity index is 1.50. The van der Waals surface area contributed by atoms with E-state index in [1.54, 1.807) is 28.2 Å². The summed E-state index contributed by atoms with van der Waals surface area (Å²) in [5.74, 6) is -0.0776. The average molecular weight is 435 g/mol. The number of carbonyl (C=O) groups is 1. The molecule has 0 aliphatic carbocycles. The summed E-state index contributed by atoms with van der Waals surface area (Å²) >= 11 is 0. The number of nitrogens with zero attached hydrogens (tertiary/aromatic N) is 5. The van der Waals surface area contributed by atoms with Gasteiger partial charge in [-0.1, -0.05) is 6.07 Å².